The van der Waals surface area contributed by atoms with Gasteiger partial charge in [0, 0.05) is 12.5 Å². The van der Waals surface area contributed by atoms with Crippen LogP contribution < -0.4 is 15.0 Å². The van der Waals surface area contributed by atoms with Gasteiger partial charge in [-0.2, -0.15) is 0 Å². The maximum atomic E-state index is 13.5. The van der Waals surface area contributed by atoms with Crippen molar-refractivity contribution >= 4 is 23.5 Å². The van der Waals surface area contributed by atoms with Crippen LogP contribution in [-0.4, -0.2) is 42.6 Å². The van der Waals surface area contributed by atoms with Crippen LogP contribution in [-0.2, 0) is 20.8 Å². The number of anilines is 1. The molecular formula is C29H37FN2O5. The maximum Gasteiger partial charge on any atom is 0.306 e. The predicted octanol–water partition coefficient (Wildman–Crippen LogP) is 4.98. The highest BCUT2D eigenvalue weighted by atomic mass is 19.1. The predicted molar refractivity (Wildman–Crippen MR) is 140 cm³/mol. The number of methoxy groups -OCH3 is 1. The van der Waals surface area contributed by atoms with E-state index in [1.54, 1.807) is 24.1 Å². The molecule has 1 heterocycles. The Morgan fingerprint density at radius 1 is 1.08 bits per heavy atom. The van der Waals surface area contributed by atoms with Gasteiger partial charge < -0.3 is 20.1 Å². The second-order valence-corrected chi connectivity index (χ2v) is 9.65. The van der Waals surface area contributed by atoms with Crippen molar-refractivity contribution in [2.45, 2.75) is 64.3 Å². The standard InChI is InChI=1S/C29H37FN2O5/c1-3-8-21(14-15-22(29(35)36)19-20-12-16-23(30)17-13-20)27(33)31-24-9-6-7-18-32(28(24)34)25-10-4-5-11-26(25)37-2/h4-5,10-13,16-17,21-22,24H,3,6-9,14-15,18-19H2,1-2H3,(H,31,33)(H,35,36). The molecule has 3 unspecified atom stereocenters. The Kier molecular flexibility index (Phi) is 10.5. The fourth-order valence-corrected chi connectivity index (χ4v) is 4.93. The first-order valence-electron chi connectivity index (χ1n) is 13.1. The van der Waals surface area contributed by atoms with Crippen LogP contribution in [0.2, 0.25) is 0 Å². The molecule has 2 aromatic carbocycles. The molecule has 2 N–H and O–H groups in total. The van der Waals surface area contributed by atoms with E-state index in [2.05, 4.69) is 5.32 Å². The van der Waals surface area contributed by atoms with Crippen molar-refractivity contribution < 1.29 is 28.6 Å². The molecule has 0 aliphatic carbocycles. The summed E-state index contributed by atoms with van der Waals surface area (Å²) in [4.78, 5) is 40.4. The third-order valence-electron chi connectivity index (χ3n) is 7.00. The van der Waals surface area contributed by atoms with Gasteiger partial charge >= 0.3 is 5.97 Å². The molecule has 8 heteroatoms. The van der Waals surface area contributed by atoms with Gasteiger partial charge in [0.2, 0.25) is 11.8 Å². The minimum absolute atomic E-state index is 0.162. The lowest BCUT2D eigenvalue weighted by atomic mass is 9.88. The molecular weight excluding hydrogens is 475 g/mol. The van der Waals surface area contributed by atoms with E-state index >= 15 is 0 Å². The van der Waals surface area contributed by atoms with E-state index < -0.39 is 23.8 Å². The number of hydrogen-bond acceptors (Lipinski definition) is 4. The fraction of sp³-hybridized carbons (Fsp3) is 0.483. The van der Waals surface area contributed by atoms with Gasteiger partial charge in [-0.05, 0) is 74.8 Å². The second kappa shape index (κ2) is 13.8. The number of nitrogens with zero attached hydrogens (tertiary/aromatic N) is 1. The molecule has 7 nitrogen and oxygen atoms in total. The summed E-state index contributed by atoms with van der Waals surface area (Å²) in [6.45, 7) is 2.53. The molecule has 1 aliphatic rings. The number of aliphatic carboxylic acids is 1. The average molecular weight is 513 g/mol. The molecule has 0 saturated carbocycles. The van der Waals surface area contributed by atoms with E-state index in [9.17, 15) is 23.9 Å². The Bertz CT molecular complexity index is 1060. The van der Waals surface area contributed by atoms with Crippen molar-refractivity contribution in [2.75, 3.05) is 18.6 Å². The number of carbonyl (C=O) groups excluding carboxylic acids is 2. The van der Waals surface area contributed by atoms with E-state index in [4.69, 9.17) is 4.74 Å². The van der Waals surface area contributed by atoms with Crippen molar-refractivity contribution in [3.8, 4) is 5.75 Å². The Balaban J connectivity index is 1.67. The number of ether oxygens (including phenoxy) is 1. The highest BCUT2D eigenvalue weighted by Gasteiger charge is 2.32. The van der Waals surface area contributed by atoms with Gasteiger partial charge in [0.1, 0.15) is 17.6 Å². The van der Waals surface area contributed by atoms with Gasteiger partial charge in [-0.15, -0.1) is 0 Å². The van der Waals surface area contributed by atoms with Crippen LogP contribution in [0.15, 0.2) is 48.5 Å². The zero-order valence-corrected chi connectivity index (χ0v) is 21.6. The van der Waals surface area contributed by atoms with Crippen molar-refractivity contribution in [2.24, 2.45) is 11.8 Å². The number of nitrogens with one attached hydrogen (secondary N) is 1. The lowest BCUT2D eigenvalue weighted by molar-refractivity contribution is -0.142. The van der Waals surface area contributed by atoms with Crippen LogP contribution in [0.25, 0.3) is 0 Å². The Morgan fingerprint density at radius 3 is 2.46 bits per heavy atom. The van der Waals surface area contributed by atoms with Gasteiger partial charge in [-0.25, -0.2) is 4.39 Å². The summed E-state index contributed by atoms with van der Waals surface area (Å²) in [7, 11) is 1.57. The van der Waals surface area contributed by atoms with Gasteiger partial charge in [0.25, 0.3) is 0 Å². The van der Waals surface area contributed by atoms with Crippen molar-refractivity contribution in [3.63, 3.8) is 0 Å². The molecule has 2 amide bonds. The van der Waals surface area contributed by atoms with Gasteiger partial charge in [-0.1, -0.05) is 37.6 Å². The summed E-state index contributed by atoms with van der Waals surface area (Å²) in [5.74, 6) is -2.15. The number of carboxylic acids is 1. The monoisotopic (exact) mass is 512 g/mol. The smallest absolute Gasteiger partial charge is 0.306 e. The van der Waals surface area contributed by atoms with Crippen LogP contribution >= 0.6 is 0 Å². The lowest BCUT2D eigenvalue weighted by Crippen LogP contribution is -2.49. The minimum atomic E-state index is -0.939. The van der Waals surface area contributed by atoms with Crippen molar-refractivity contribution in [1.29, 1.82) is 0 Å². The first kappa shape index (κ1) is 28.2. The van der Waals surface area contributed by atoms with E-state index in [0.29, 0.717) is 43.7 Å². The van der Waals surface area contributed by atoms with E-state index in [1.165, 1.54) is 12.1 Å². The molecule has 1 aliphatic heterocycles. The number of benzene rings is 2. The normalized spacial score (nSPS) is 17.5. The maximum absolute atomic E-state index is 13.5. The van der Waals surface area contributed by atoms with Crippen LogP contribution in [0.4, 0.5) is 10.1 Å². The van der Waals surface area contributed by atoms with E-state index in [1.807, 2.05) is 31.2 Å². The Labute approximate surface area is 218 Å². The third-order valence-corrected chi connectivity index (χ3v) is 7.00. The lowest BCUT2D eigenvalue weighted by Gasteiger charge is -2.27. The van der Waals surface area contributed by atoms with Crippen LogP contribution in [0.5, 0.6) is 5.75 Å². The largest absolute Gasteiger partial charge is 0.495 e. The Hall–Kier alpha value is -3.42. The molecule has 3 atom stereocenters. The second-order valence-electron chi connectivity index (χ2n) is 9.65. The number of rotatable bonds is 12. The summed E-state index contributed by atoms with van der Waals surface area (Å²) in [6.07, 6.45) is 4.53. The molecule has 3 rings (SSSR count). The molecule has 1 saturated heterocycles. The number of amides is 2. The summed E-state index contributed by atoms with van der Waals surface area (Å²) in [5.41, 5.74) is 1.43. The molecule has 200 valence electrons. The van der Waals surface area contributed by atoms with Crippen LogP contribution in [0.1, 0.15) is 57.4 Å². The van der Waals surface area contributed by atoms with Gasteiger partial charge in [0.15, 0.2) is 0 Å². The summed E-state index contributed by atoms with van der Waals surface area (Å²) in [6, 6.07) is 12.5. The Morgan fingerprint density at radius 2 is 1.78 bits per heavy atom. The SMILES string of the molecule is CCCC(CCC(Cc1ccc(F)cc1)C(=O)O)C(=O)NC1CCCCN(c2ccccc2OC)C1=O. The minimum Gasteiger partial charge on any atom is -0.495 e. The number of carboxylic acid groups (broad SMARTS) is 1. The van der Waals surface area contributed by atoms with E-state index in [0.717, 1.165) is 24.8 Å². The van der Waals surface area contributed by atoms with Crippen molar-refractivity contribution in [1.82, 2.24) is 5.32 Å². The first-order chi connectivity index (χ1) is 17.8. The zero-order valence-electron chi connectivity index (χ0n) is 21.6. The van der Waals surface area contributed by atoms with Crippen LogP contribution in [0, 0.1) is 17.7 Å². The quantitative estimate of drug-likeness (QED) is 0.418. The number of carbonyl (C=O) groups is 3. The molecule has 0 radical (unpaired) electrons. The summed E-state index contributed by atoms with van der Waals surface area (Å²) >= 11 is 0. The molecule has 0 aromatic heterocycles. The van der Waals surface area contributed by atoms with Crippen LogP contribution in [0.3, 0.4) is 0 Å². The summed E-state index contributed by atoms with van der Waals surface area (Å²) < 4.78 is 18.7. The average Bonchev–Trinajstić information content (AvgIpc) is 3.07. The number of halogens is 1. The third kappa shape index (κ3) is 7.78. The van der Waals surface area contributed by atoms with Gasteiger partial charge in [0.05, 0.1) is 18.7 Å². The molecule has 0 bridgehead atoms. The molecule has 1 fully saturated rings. The van der Waals surface area contributed by atoms with E-state index in [-0.39, 0.29) is 24.1 Å². The topological polar surface area (TPSA) is 95.9 Å². The highest BCUT2D eigenvalue weighted by molar-refractivity contribution is 6.00. The fourth-order valence-electron chi connectivity index (χ4n) is 4.93. The van der Waals surface area contributed by atoms with Crippen molar-refractivity contribution in [3.05, 3.63) is 59.9 Å². The molecule has 37 heavy (non-hydrogen) atoms. The van der Waals surface area contributed by atoms with Gasteiger partial charge in [-0.3, -0.25) is 14.4 Å². The molecule has 2 aromatic rings. The number of para-hydroxylation sites is 2. The first-order valence-corrected chi connectivity index (χ1v) is 13.1. The molecule has 0 spiro atoms. The zero-order chi connectivity index (χ0) is 26.8. The number of hydrogen-bond donors (Lipinski definition) is 2. The highest BCUT2D eigenvalue weighted by Crippen LogP contribution is 2.30. The summed E-state index contributed by atoms with van der Waals surface area (Å²) in [5, 5.41) is 12.7.